The predicted octanol–water partition coefficient (Wildman–Crippen LogP) is 2.82. The van der Waals surface area contributed by atoms with Crippen LogP contribution in [0.4, 0.5) is 0 Å². The quantitative estimate of drug-likeness (QED) is 0.814. The molecule has 21 heavy (non-hydrogen) atoms. The number of aryl methyl sites for hydroxylation is 1. The topological polar surface area (TPSA) is 58.2 Å². The Hall–Kier alpha value is -0.910. The highest BCUT2D eigenvalue weighted by molar-refractivity contribution is 7.89. The molecule has 0 bridgehead atoms. The molecular weight excluding hydrogens is 284 g/mol. The molecule has 4 nitrogen and oxygen atoms in total. The Morgan fingerprint density at radius 1 is 1.10 bits per heavy atom. The summed E-state index contributed by atoms with van der Waals surface area (Å²) in [5.74, 6) is 0.257. The molecule has 1 aromatic rings. The molecule has 120 valence electrons. The normalized spacial score (nSPS) is 13.9. The lowest BCUT2D eigenvalue weighted by Gasteiger charge is -2.18. The van der Waals surface area contributed by atoms with Crippen LogP contribution in [0.15, 0.2) is 23.1 Å². The van der Waals surface area contributed by atoms with Crippen LogP contribution in [-0.4, -0.2) is 20.5 Å². The highest BCUT2D eigenvalue weighted by Gasteiger charge is 2.19. The third-order valence-corrected chi connectivity index (χ3v) is 5.23. The zero-order valence-electron chi connectivity index (χ0n) is 13.9. The van der Waals surface area contributed by atoms with Crippen molar-refractivity contribution in [3.8, 4) is 0 Å². The van der Waals surface area contributed by atoms with Crippen molar-refractivity contribution < 1.29 is 8.42 Å². The second-order valence-corrected chi connectivity index (χ2v) is 7.99. The maximum absolute atomic E-state index is 12.4. The van der Waals surface area contributed by atoms with Gasteiger partial charge >= 0.3 is 0 Å². The minimum atomic E-state index is -3.46. The van der Waals surface area contributed by atoms with Crippen LogP contribution < -0.4 is 10.0 Å². The molecule has 1 aromatic carbocycles. The van der Waals surface area contributed by atoms with Gasteiger partial charge < -0.3 is 5.32 Å². The molecule has 1 atom stereocenters. The number of hydrogen-bond acceptors (Lipinski definition) is 3. The first-order chi connectivity index (χ1) is 9.63. The Kier molecular flexibility index (Phi) is 6.38. The molecule has 0 aliphatic heterocycles. The Labute approximate surface area is 129 Å². The molecule has 5 heteroatoms. The number of sulfonamides is 1. The van der Waals surface area contributed by atoms with E-state index in [4.69, 9.17) is 0 Å². The van der Waals surface area contributed by atoms with Crippen molar-refractivity contribution in [1.82, 2.24) is 10.0 Å². The Bertz CT molecular complexity index is 566. The Morgan fingerprint density at radius 3 is 2.24 bits per heavy atom. The summed E-state index contributed by atoms with van der Waals surface area (Å²) in [6.07, 6.45) is 0. The third-order valence-electron chi connectivity index (χ3n) is 3.67. The van der Waals surface area contributed by atoms with E-state index in [1.807, 2.05) is 33.8 Å². The lowest BCUT2D eigenvalue weighted by molar-refractivity contribution is 0.476. The van der Waals surface area contributed by atoms with Gasteiger partial charge in [-0.15, -0.1) is 0 Å². The molecule has 0 heterocycles. The van der Waals surface area contributed by atoms with Gasteiger partial charge in [-0.3, -0.25) is 0 Å². The van der Waals surface area contributed by atoms with Crippen LogP contribution >= 0.6 is 0 Å². The largest absolute Gasteiger partial charge is 0.310 e. The van der Waals surface area contributed by atoms with Crippen molar-refractivity contribution in [2.75, 3.05) is 0 Å². The number of benzene rings is 1. The van der Waals surface area contributed by atoms with Crippen LogP contribution in [0, 0.1) is 12.8 Å². The maximum atomic E-state index is 12.4. The van der Waals surface area contributed by atoms with Crippen LogP contribution in [0.3, 0.4) is 0 Å². The predicted molar refractivity (Wildman–Crippen MR) is 87.8 cm³/mol. The summed E-state index contributed by atoms with van der Waals surface area (Å²) in [6.45, 7) is 12.7. The average molecular weight is 312 g/mol. The van der Waals surface area contributed by atoms with E-state index in [9.17, 15) is 8.42 Å². The van der Waals surface area contributed by atoms with Crippen molar-refractivity contribution in [2.24, 2.45) is 5.92 Å². The van der Waals surface area contributed by atoms with Crippen LogP contribution in [-0.2, 0) is 16.6 Å². The molecule has 0 aliphatic rings. The molecule has 0 aliphatic carbocycles. The van der Waals surface area contributed by atoms with Gasteiger partial charge in [0.25, 0.3) is 0 Å². The summed E-state index contributed by atoms with van der Waals surface area (Å²) in [5.41, 5.74) is 2.11. The average Bonchev–Trinajstić information content (AvgIpc) is 2.36. The van der Waals surface area contributed by atoms with Gasteiger partial charge in [0.1, 0.15) is 0 Å². The fraction of sp³-hybridized carbons (Fsp3) is 0.625. The summed E-state index contributed by atoms with van der Waals surface area (Å²) in [5, 5.41) is 3.33. The number of rotatable bonds is 7. The molecule has 1 unspecified atom stereocenters. The summed E-state index contributed by atoms with van der Waals surface area (Å²) in [4.78, 5) is 0.334. The van der Waals surface area contributed by atoms with Crippen LogP contribution in [0.1, 0.15) is 45.7 Å². The highest BCUT2D eigenvalue weighted by atomic mass is 32.2. The summed E-state index contributed by atoms with van der Waals surface area (Å²) in [6, 6.07) is 5.58. The summed E-state index contributed by atoms with van der Waals surface area (Å²) >= 11 is 0. The first kappa shape index (κ1) is 18.1. The zero-order chi connectivity index (χ0) is 16.2. The van der Waals surface area contributed by atoms with Gasteiger partial charge in [0.15, 0.2) is 0 Å². The van der Waals surface area contributed by atoms with Crippen molar-refractivity contribution in [3.05, 3.63) is 29.3 Å². The SMILES string of the molecule is Cc1ccc(S(=O)(=O)NC(C)C(C)C)cc1CNC(C)C. The first-order valence-electron chi connectivity index (χ1n) is 7.48. The molecule has 0 aromatic heterocycles. The van der Waals surface area contributed by atoms with Crippen molar-refractivity contribution in [3.63, 3.8) is 0 Å². The van der Waals surface area contributed by atoms with Gasteiger partial charge in [-0.05, 0) is 43.0 Å². The van der Waals surface area contributed by atoms with Crippen LogP contribution in [0.5, 0.6) is 0 Å². The molecule has 0 spiro atoms. The maximum Gasteiger partial charge on any atom is 0.240 e. The van der Waals surface area contributed by atoms with E-state index in [2.05, 4.69) is 23.9 Å². The monoisotopic (exact) mass is 312 g/mol. The van der Waals surface area contributed by atoms with E-state index in [1.54, 1.807) is 12.1 Å². The molecule has 0 fully saturated rings. The lowest BCUT2D eigenvalue weighted by atomic mass is 10.1. The molecule has 2 N–H and O–H groups in total. The minimum Gasteiger partial charge on any atom is -0.310 e. The van der Waals surface area contributed by atoms with E-state index >= 15 is 0 Å². The first-order valence-corrected chi connectivity index (χ1v) is 8.97. The van der Waals surface area contributed by atoms with Crippen LogP contribution in [0.25, 0.3) is 0 Å². The van der Waals surface area contributed by atoms with E-state index in [1.165, 1.54) is 0 Å². The Morgan fingerprint density at radius 2 is 1.71 bits per heavy atom. The Balaban J connectivity index is 3.00. The minimum absolute atomic E-state index is 0.0893. The number of nitrogens with one attached hydrogen (secondary N) is 2. The molecule has 0 saturated heterocycles. The number of hydrogen-bond donors (Lipinski definition) is 2. The standard InChI is InChI=1S/C16H28N2O2S/c1-11(2)14(6)18-21(19,20)16-8-7-13(5)15(9-16)10-17-12(3)4/h7-9,11-12,14,17-18H,10H2,1-6H3. The van der Waals surface area contributed by atoms with E-state index < -0.39 is 10.0 Å². The molecule has 0 radical (unpaired) electrons. The highest BCUT2D eigenvalue weighted by Crippen LogP contribution is 2.17. The fourth-order valence-corrected chi connectivity index (χ4v) is 3.21. The van der Waals surface area contributed by atoms with Gasteiger partial charge in [0, 0.05) is 18.6 Å². The smallest absolute Gasteiger partial charge is 0.240 e. The van der Waals surface area contributed by atoms with Gasteiger partial charge in [-0.25, -0.2) is 13.1 Å². The molecule has 0 saturated carbocycles. The van der Waals surface area contributed by atoms with Crippen molar-refractivity contribution in [1.29, 1.82) is 0 Å². The summed E-state index contributed by atoms with van der Waals surface area (Å²) in [7, 11) is -3.46. The zero-order valence-corrected chi connectivity index (χ0v) is 14.7. The van der Waals surface area contributed by atoms with Crippen molar-refractivity contribution in [2.45, 2.75) is 65.1 Å². The van der Waals surface area contributed by atoms with E-state index in [0.29, 0.717) is 17.5 Å². The molecular formula is C16H28N2O2S. The van der Waals surface area contributed by atoms with Gasteiger partial charge in [0.05, 0.1) is 4.90 Å². The second kappa shape index (κ2) is 7.38. The molecule has 1 rings (SSSR count). The van der Waals surface area contributed by atoms with E-state index in [-0.39, 0.29) is 12.0 Å². The van der Waals surface area contributed by atoms with Crippen LogP contribution in [0.2, 0.25) is 0 Å². The van der Waals surface area contributed by atoms with Gasteiger partial charge in [-0.2, -0.15) is 0 Å². The van der Waals surface area contributed by atoms with E-state index in [0.717, 1.165) is 11.1 Å². The summed E-state index contributed by atoms with van der Waals surface area (Å²) < 4.78 is 27.6. The molecule has 0 amide bonds. The van der Waals surface area contributed by atoms with Gasteiger partial charge in [0.2, 0.25) is 10.0 Å². The van der Waals surface area contributed by atoms with Gasteiger partial charge in [-0.1, -0.05) is 33.8 Å². The third kappa shape index (κ3) is 5.41. The van der Waals surface area contributed by atoms with Crippen molar-refractivity contribution >= 4 is 10.0 Å². The fourth-order valence-electron chi connectivity index (χ4n) is 1.77. The second-order valence-electron chi connectivity index (χ2n) is 6.28. The lowest BCUT2D eigenvalue weighted by Crippen LogP contribution is -2.36.